The fraction of sp³-hybridized carbons (Fsp3) is 0.217. The number of H-pyrrole nitrogens is 1. The molecule has 1 saturated heterocycles. The van der Waals surface area contributed by atoms with Gasteiger partial charge in [-0.25, -0.2) is 0 Å². The number of nitrogens with zero attached hydrogens (tertiary/aromatic N) is 6. The predicted octanol–water partition coefficient (Wildman–Crippen LogP) is 3.91. The van der Waals surface area contributed by atoms with Gasteiger partial charge in [0.15, 0.2) is 11.0 Å². The van der Waals surface area contributed by atoms with E-state index in [1.54, 1.807) is 0 Å². The summed E-state index contributed by atoms with van der Waals surface area (Å²) >= 11 is 1.53. The number of nitrogens with one attached hydrogen (secondary N) is 2. The topological polar surface area (TPSA) is 85.9 Å². The van der Waals surface area contributed by atoms with E-state index in [0.29, 0.717) is 22.9 Å². The average Bonchev–Trinajstić information content (AvgIpc) is 3.29. The summed E-state index contributed by atoms with van der Waals surface area (Å²) in [6.07, 6.45) is 0. The molecule has 1 aliphatic heterocycles. The van der Waals surface area contributed by atoms with Gasteiger partial charge in [-0.15, -0.1) is 0 Å². The molecule has 0 spiro atoms. The van der Waals surface area contributed by atoms with Gasteiger partial charge in [-0.2, -0.15) is 20.1 Å². The number of aromatic nitrogens is 5. The highest BCUT2D eigenvalue weighted by atomic mass is 32.2. The molecule has 9 heteroatoms. The largest absolute Gasteiger partial charge is 0.338 e. The average molecular weight is 445 g/mol. The molecule has 1 fully saturated rings. The fourth-order valence-corrected chi connectivity index (χ4v) is 4.22. The Kier molecular flexibility index (Phi) is 6.00. The van der Waals surface area contributed by atoms with Gasteiger partial charge in [0.1, 0.15) is 0 Å². The van der Waals surface area contributed by atoms with Crippen molar-refractivity contribution in [1.29, 1.82) is 0 Å². The Labute approximate surface area is 191 Å². The van der Waals surface area contributed by atoms with Gasteiger partial charge in [-0.05, 0) is 36.5 Å². The van der Waals surface area contributed by atoms with Crippen molar-refractivity contribution in [3.63, 3.8) is 0 Å². The third-order valence-electron chi connectivity index (χ3n) is 5.24. The smallest absolute Gasteiger partial charge is 0.234 e. The zero-order chi connectivity index (χ0) is 21.8. The second-order valence-corrected chi connectivity index (χ2v) is 8.65. The van der Waals surface area contributed by atoms with Crippen LogP contribution >= 0.6 is 11.8 Å². The first-order chi connectivity index (χ1) is 15.7. The van der Waals surface area contributed by atoms with Gasteiger partial charge in [-0.3, -0.25) is 5.10 Å². The fourth-order valence-electron chi connectivity index (χ4n) is 3.46. The molecule has 0 unspecified atom stereocenters. The van der Waals surface area contributed by atoms with Crippen molar-refractivity contribution >= 4 is 29.5 Å². The van der Waals surface area contributed by atoms with Crippen LogP contribution < -0.4 is 10.2 Å². The molecule has 0 bridgehead atoms. The van der Waals surface area contributed by atoms with E-state index in [1.807, 2.05) is 54.6 Å². The van der Waals surface area contributed by atoms with Crippen LogP contribution in [0.1, 0.15) is 0 Å². The molecule has 3 heterocycles. The number of anilines is 3. The maximum absolute atomic E-state index is 4.75. The monoisotopic (exact) mass is 444 g/mol. The Morgan fingerprint density at radius 1 is 0.875 bits per heavy atom. The lowest BCUT2D eigenvalue weighted by molar-refractivity contribution is 0.311. The van der Waals surface area contributed by atoms with Crippen LogP contribution in [0.15, 0.2) is 76.8 Å². The lowest BCUT2D eigenvalue weighted by Crippen LogP contribution is -2.45. The van der Waals surface area contributed by atoms with E-state index in [0.717, 1.165) is 42.3 Å². The molecule has 162 valence electrons. The second-order valence-electron chi connectivity index (χ2n) is 7.60. The number of aromatic amines is 1. The first-order valence-corrected chi connectivity index (χ1v) is 11.3. The molecule has 2 aromatic carbocycles. The molecule has 0 amide bonds. The zero-order valence-corrected chi connectivity index (χ0v) is 18.6. The first-order valence-electron chi connectivity index (χ1n) is 10.5. The van der Waals surface area contributed by atoms with Gasteiger partial charge in [0.05, 0.1) is 5.69 Å². The number of hydrogen-bond acceptors (Lipinski definition) is 8. The highest BCUT2D eigenvalue weighted by molar-refractivity contribution is 7.99. The van der Waals surface area contributed by atoms with Gasteiger partial charge in [0, 0.05) is 37.1 Å². The molecule has 0 radical (unpaired) electrons. The highest BCUT2D eigenvalue weighted by Crippen LogP contribution is 2.28. The quantitative estimate of drug-likeness (QED) is 0.463. The van der Waals surface area contributed by atoms with E-state index < -0.39 is 0 Å². The summed E-state index contributed by atoms with van der Waals surface area (Å²) in [5.74, 6) is 1.83. The lowest BCUT2D eigenvalue weighted by Gasteiger charge is -2.32. The van der Waals surface area contributed by atoms with Crippen molar-refractivity contribution < 1.29 is 0 Å². The number of piperazine rings is 1. The molecular weight excluding hydrogens is 420 g/mol. The van der Waals surface area contributed by atoms with Crippen molar-refractivity contribution in [2.75, 3.05) is 43.4 Å². The summed E-state index contributed by atoms with van der Waals surface area (Å²) in [7, 11) is 2.14. The summed E-state index contributed by atoms with van der Waals surface area (Å²) in [5, 5.41) is 11.4. The molecule has 2 aromatic heterocycles. The normalized spacial score (nSPS) is 14.5. The minimum Gasteiger partial charge on any atom is -0.338 e. The van der Waals surface area contributed by atoms with E-state index >= 15 is 0 Å². The van der Waals surface area contributed by atoms with Crippen LogP contribution in [0.25, 0.3) is 11.3 Å². The number of hydrogen-bond donors (Lipinski definition) is 2. The summed E-state index contributed by atoms with van der Waals surface area (Å²) in [6.45, 7) is 3.73. The molecule has 8 nitrogen and oxygen atoms in total. The lowest BCUT2D eigenvalue weighted by atomic mass is 10.2. The van der Waals surface area contributed by atoms with Crippen molar-refractivity contribution in [1.82, 2.24) is 30.0 Å². The van der Waals surface area contributed by atoms with Gasteiger partial charge >= 0.3 is 0 Å². The maximum atomic E-state index is 4.75. The molecule has 0 atom stereocenters. The van der Waals surface area contributed by atoms with Crippen molar-refractivity contribution in [2.24, 2.45) is 0 Å². The summed E-state index contributed by atoms with van der Waals surface area (Å²) in [5.41, 5.74) is 2.00. The summed E-state index contributed by atoms with van der Waals surface area (Å²) < 4.78 is 0. The van der Waals surface area contributed by atoms with Crippen molar-refractivity contribution in [2.45, 2.75) is 10.1 Å². The predicted molar refractivity (Wildman–Crippen MR) is 127 cm³/mol. The number of rotatable bonds is 6. The van der Waals surface area contributed by atoms with Crippen LogP contribution in [-0.2, 0) is 0 Å². The van der Waals surface area contributed by atoms with Crippen molar-refractivity contribution in [3.05, 3.63) is 66.7 Å². The van der Waals surface area contributed by atoms with Crippen molar-refractivity contribution in [3.8, 4) is 11.3 Å². The van der Waals surface area contributed by atoms with E-state index in [9.17, 15) is 0 Å². The van der Waals surface area contributed by atoms with Crippen LogP contribution in [0.3, 0.4) is 0 Å². The molecule has 2 N–H and O–H groups in total. The Balaban J connectivity index is 1.42. The highest BCUT2D eigenvalue weighted by Gasteiger charge is 2.19. The standard InChI is InChI=1S/C23H24N8S/c1-30-12-14-31(15-13-30)22-25-21(26-23(27-22)32-18-10-6-3-7-11-18)24-20-16-19(28-29-20)17-8-4-2-5-9-17/h2-11,16H,12-15H2,1H3,(H2,24,25,26,27,28,29). The Hall–Kier alpha value is -3.43. The SMILES string of the molecule is CN1CCN(c2nc(Nc3cc(-c4ccccc4)[nH]n3)nc(Sc3ccccc3)n2)CC1. The molecule has 0 aliphatic carbocycles. The van der Waals surface area contributed by atoms with Crippen LogP contribution in [0, 0.1) is 0 Å². The summed E-state index contributed by atoms with van der Waals surface area (Å²) in [4.78, 5) is 19.7. The molecule has 0 saturated carbocycles. The van der Waals surface area contributed by atoms with Crippen LogP contribution in [0.4, 0.5) is 17.7 Å². The third-order valence-corrected chi connectivity index (χ3v) is 6.12. The van der Waals surface area contributed by atoms with Crippen LogP contribution in [0.5, 0.6) is 0 Å². The van der Waals surface area contributed by atoms with Gasteiger partial charge in [0.25, 0.3) is 0 Å². The Morgan fingerprint density at radius 2 is 1.59 bits per heavy atom. The molecule has 32 heavy (non-hydrogen) atoms. The Morgan fingerprint density at radius 3 is 2.34 bits per heavy atom. The summed E-state index contributed by atoms with van der Waals surface area (Å²) in [6, 6.07) is 22.2. The van der Waals surface area contributed by atoms with Crippen LogP contribution in [-0.4, -0.2) is 63.3 Å². The maximum Gasteiger partial charge on any atom is 0.234 e. The third kappa shape index (κ3) is 4.90. The second kappa shape index (κ2) is 9.37. The Bertz CT molecular complexity index is 1160. The van der Waals surface area contributed by atoms with Gasteiger partial charge in [0.2, 0.25) is 11.9 Å². The molecule has 1 aliphatic rings. The van der Waals surface area contributed by atoms with E-state index in [1.165, 1.54) is 11.8 Å². The van der Waals surface area contributed by atoms with Gasteiger partial charge in [-0.1, -0.05) is 48.5 Å². The number of benzene rings is 2. The molecular formula is C23H24N8S. The van der Waals surface area contributed by atoms with Gasteiger partial charge < -0.3 is 15.1 Å². The van der Waals surface area contributed by atoms with Crippen LogP contribution in [0.2, 0.25) is 0 Å². The molecule has 4 aromatic rings. The van der Waals surface area contributed by atoms with E-state index in [4.69, 9.17) is 9.97 Å². The minimum atomic E-state index is 0.485. The first kappa shape index (κ1) is 20.5. The number of likely N-dealkylation sites (N-methyl/N-ethyl adjacent to an activating group) is 1. The molecule has 5 rings (SSSR count). The minimum absolute atomic E-state index is 0.485. The van der Waals surface area contributed by atoms with E-state index in [2.05, 4.69) is 49.5 Å². The van der Waals surface area contributed by atoms with E-state index in [-0.39, 0.29) is 0 Å². The zero-order valence-electron chi connectivity index (χ0n) is 17.8.